The Kier molecular flexibility index (Phi) is 2.50. The van der Waals surface area contributed by atoms with Gasteiger partial charge in [-0.2, -0.15) is 0 Å². The highest BCUT2D eigenvalue weighted by molar-refractivity contribution is 7.09. The molecule has 2 heterocycles. The maximum absolute atomic E-state index is 10.8. The van der Waals surface area contributed by atoms with Crippen LogP contribution in [0.1, 0.15) is 23.3 Å². The summed E-state index contributed by atoms with van der Waals surface area (Å²) in [5, 5.41) is 12.7. The lowest BCUT2D eigenvalue weighted by Gasteiger charge is -2.20. The Balaban J connectivity index is 2.22. The fourth-order valence-corrected chi connectivity index (χ4v) is 3.10. The fraction of sp³-hybridized carbons (Fsp3) is 0.214. The van der Waals surface area contributed by atoms with Gasteiger partial charge < -0.3 is 9.52 Å². The van der Waals surface area contributed by atoms with Crippen LogP contribution in [-0.2, 0) is 5.60 Å². The third-order valence-corrected chi connectivity index (χ3v) is 4.28. The summed E-state index contributed by atoms with van der Waals surface area (Å²) in [4.78, 5) is 5.01. The van der Waals surface area contributed by atoms with E-state index in [-0.39, 0.29) is 0 Å². The summed E-state index contributed by atoms with van der Waals surface area (Å²) in [6, 6.07) is 7.82. The van der Waals surface area contributed by atoms with Crippen LogP contribution in [0.3, 0.4) is 0 Å². The van der Waals surface area contributed by atoms with E-state index in [4.69, 9.17) is 4.42 Å². The Hall–Kier alpha value is -1.65. The lowest BCUT2D eigenvalue weighted by Crippen LogP contribution is -2.22. The lowest BCUT2D eigenvalue weighted by atomic mass is 9.97. The van der Waals surface area contributed by atoms with E-state index in [1.807, 2.05) is 31.2 Å². The first-order valence-electron chi connectivity index (χ1n) is 5.70. The molecule has 0 fully saturated rings. The van der Waals surface area contributed by atoms with Crippen LogP contribution in [0, 0.1) is 6.92 Å². The van der Waals surface area contributed by atoms with Crippen molar-refractivity contribution in [1.82, 2.24) is 4.98 Å². The number of aliphatic hydroxyl groups is 1. The van der Waals surface area contributed by atoms with Crippen molar-refractivity contribution in [2.45, 2.75) is 19.4 Å². The topological polar surface area (TPSA) is 46.3 Å². The van der Waals surface area contributed by atoms with Gasteiger partial charge in [-0.25, -0.2) is 4.98 Å². The van der Waals surface area contributed by atoms with Crippen molar-refractivity contribution in [2.24, 2.45) is 0 Å². The molecular weight excluding hydrogens is 246 g/mol. The third-order valence-electron chi connectivity index (χ3n) is 3.14. The van der Waals surface area contributed by atoms with Gasteiger partial charge in [0.1, 0.15) is 5.76 Å². The first-order valence-corrected chi connectivity index (χ1v) is 6.58. The van der Waals surface area contributed by atoms with E-state index in [0.717, 1.165) is 21.3 Å². The van der Waals surface area contributed by atoms with Crippen LogP contribution < -0.4 is 0 Å². The Bertz CT molecular complexity index is 696. The van der Waals surface area contributed by atoms with Gasteiger partial charge in [-0.05, 0) is 13.8 Å². The molecule has 1 aromatic carbocycles. The second-order valence-electron chi connectivity index (χ2n) is 4.49. The zero-order valence-electron chi connectivity index (χ0n) is 10.2. The van der Waals surface area contributed by atoms with Crippen molar-refractivity contribution in [3.63, 3.8) is 0 Å². The minimum atomic E-state index is -1.14. The number of furan rings is 1. The molecule has 18 heavy (non-hydrogen) atoms. The number of hydrogen-bond donors (Lipinski definition) is 1. The molecule has 4 heteroatoms. The van der Waals surface area contributed by atoms with E-state index in [9.17, 15) is 5.11 Å². The smallest absolute Gasteiger partial charge is 0.156 e. The fourth-order valence-electron chi connectivity index (χ4n) is 2.24. The number of thiazole rings is 1. The van der Waals surface area contributed by atoms with E-state index in [0.29, 0.717) is 5.76 Å². The summed E-state index contributed by atoms with van der Waals surface area (Å²) in [6.45, 7) is 3.64. The number of rotatable bonds is 2. The molecule has 1 atom stereocenters. The third kappa shape index (κ3) is 1.57. The van der Waals surface area contributed by atoms with Crippen LogP contribution in [-0.4, -0.2) is 10.1 Å². The zero-order valence-corrected chi connectivity index (χ0v) is 11.0. The highest BCUT2D eigenvalue weighted by Crippen LogP contribution is 2.38. The predicted octanol–water partition coefficient (Wildman–Crippen LogP) is 3.45. The molecule has 1 unspecified atom stereocenters. The molecule has 0 radical (unpaired) electrons. The van der Waals surface area contributed by atoms with Gasteiger partial charge in [0.2, 0.25) is 0 Å². The second-order valence-corrected chi connectivity index (χ2v) is 5.35. The summed E-state index contributed by atoms with van der Waals surface area (Å²) < 4.78 is 5.59. The maximum atomic E-state index is 10.8. The van der Waals surface area contributed by atoms with E-state index in [1.54, 1.807) is 18.7 Å². The summed E-state index contributed by atoms with van der Waals surface area (Å²) in [5.41, 5.74) is 1.43. The average Bonchev–Trinajstić information content (AvgIpc) is 2.95. The molecule has 3 aromatic rings. The Morgan fingerprint density at radius 2 is 2.11 bits per heavy atom. The summed E-state index contributed by atoms with van der Waals surface area (Å²) >= 11 is 1.44. The van der Waals surface area contributed by atoms with E-state index in [2.05, 4.69) is 4.98 Å². The van der Waals surface area contributed by atoms with Crippen LogP contribution in [0.25, 0.3) is 10.8 Å². The summed E-state index contributed by atoms with van der Waals surface area (Å²) in [7, 11) is 0. The first-order chi connectivity index (χ1) is 8.60. The highest BCUT2D eigenvalue weighted by atomic mass is 32.1. The molecule has 0 bridgehead atoms. The van der Waals surface area contributed by atoms with Crippen LogP contribution in [0.2, 0.25) is 0 Å². The van der Waals surface area contributed by atoms with Crippen LogP contribution in [0.5, 0.6) is 0 Å². The number of aromatic nitrogens is 1. The van der Waals surface area contributed by atoms with Crippen molar-refractivity contribution in [2.75, 3.05) is 0 Å². The van der Waals surface area contributed by atoms with E-state index in [1.165, 1.54) is 11.3 Å². The molecule has 0 aliphatic carbocycles. The minimum Gasteiger partial charge on any atom is -0.465 e. The summed E-state index contributed by atoms with van der Waals surface area (Å²) in [5.74, 6) is 0.574. The summed E-state index contributed by atoms with van der Waals surface area (Å²) in [6.07, 6.45) is 1.68. The minimum absolute atomic E-state index is 0.574. The molecule has 0 aliphatic heterocycles. The molecule has 0 aliphatic rings. The van der Waals surface area contributed by atoms with Gasteiger partial charge in [-0.15, -0.1) is 11.3 Å². The van der Waals surface area contributed by atoms with Crippen molar-refractivity contribution in [3.05, 3.63) is 52.4 Å². The standard InChI is InChI=1S/C14H13NO2S/c1-9-13(18-8-15-9)14(2,16)12-11-6-4-3-5-10(11)7-17-12/h3-8,16H,1-2H3. The molecule has 0 spiro atoms. The van der Waals surface area contributed by atoms with Gasteiger partial charge in [0.15, 0.2) is 5.60 Å². The highest BCUT2D eigenvalue weighted by Gasteiger charge is 2.34. The molecule has 0 amide bonds. The molecular formula is C14H13NO2S. The van der Waals surface area contributed by atoms with Gasteiger partial charge in [-0.3, -0.25) is 0 Å². The predicted molar refractivity (Wildman–Crippen MR) is 71.7 cm³/mol. The molecule has 1 N–H and O–H groups in total. The quantitative estimate of drug-likeness (QED) is 0.766. The monoisotopic (exact) mass is 259 g/mol. The molecule has 2 aromatic heterocycles. The van der Waals surface area contributed by atoms with Crippen LogP contribution in [0.4, 0.5) is 0 Å². The zero-order chi connectivity index (χ0) is 12.8. The number of hydrogen-bond acceptors (Lipinski definition) is 4. The maximum Gasteiger partial charge on any atom is 0.156 e. The second kappa shape index (κ2) is 3.93. The van der Waals surface area contributed by atoms with Gasteiger partial charge in [0, 0.05) is 10.8 Å². The van der Waals surface area contributed by atoms with Gasteiger partial charge in [-0.1, -0.05) is 24.3 Å². The van der Waals surface area contributed by atoms with Gasteiger partial charge >= 0.3 is 0 Å². The van der Waals surface area contributed by atoms with E-state index < -0.39 is 5.60 Å². The number of fused-ring (bicyclic) bond motifs is 1. The van der Waals surface area contributed by atoms with Crippen molar-refractivity contribution < 1.29 is 9.52 Å². The average molecular weight is 259 g/mol. The van der Waals surface area contributed by atoms with E-state index >= 15 is 0 Å². The molecule has 0 saturated carbocycles. The Labute approximate surface area is 109 Å². The van der Waals surface area contributed by atoms with Crippen LogP contribution in [0.15, 0.2) is 40.5 Å². The lowest BCUT2D eigenvalue weighted by molar-refractivity contribution is 0.0815. The van der Waals surface area contributed by atoms with Crippen molar-refractivity contribution in [3.8, 4) is 0 Å². The largest absolute Gasteiger partial charge is 0.465 e. The number of benzene rings is 1. The van der Waals surface area contributed by atoms with Crippen LogP contribution >= 0.6 is 11.3 Å². The normalized spacial score (nSPS) is 14.8. The van der Waals surface area contributed by atoms with Crippen molar-refractivity contribution in [1.29, 1.82) is 0 Å². The Morgan fingerprint density at radius 1 is 1.33 bits per heavy atom. The van der Waals surface area contributed by atoms with Gasteiger partial charge in [0.05, 0.1) is 22.3 Å². The first kappa shape index (κ1) is 11.4. The number of nitrogens with zero attached hydrogens (tertiary/aromatic N) is 1. The number of aryl methyl sites for hydroxylation is 1. The molecule has 92 valence electrons. The van der Waals surface area contributed by atoms with Crippen molar-refractivity contribution >= 4 is 22.1 Å². The molecule has 3 rings (SSSR count). The molecule has 3 nitrogen and oxygen atoms in total. The Morgan fingerprint density at radius 3 is 2.83 bits per heavy atom. The van der Waals surface area contributed by atoms with Gasteiger partial charge in [0.25, 0.3) is 0 Å². The SMILES string of the molecule is Cc1ncsc1C(C)(O)c1occ2ccccc12. The molecule has 0 saturated heterocycles.